The van der Waals surface area contributed by atoms with Gasteiger partial charge in [-0.2, -0.15) is 0 Å². The van der Waals surface area contributed by atoms with Crippen molar-refractivity contribution < 1.29 is 9.31 Å². The van der Waals surface area contributed by atoms with Gasteiger partial charge in [0.1, 0.15) is 5.82 Å². The normalized spacial score (nSPS) is 27.3. The van der Waals surface area contributed by atoms with Crippen LogP contribution in [0, 0.1) is 5.41 Å². The molecule has 0 radical (unpaired) electrons. The summed E-state index contributed by atoms with van der Waals surface area (Å²) in [6, 6.07) is 6.51. The van der Waals surface area contributed by atoms with Gasteiger partial charge in [0.15, 0.2) is 0 Å². The SMILES string of the molecule is CC1(C)CN[C@H](c2nc3ccc(B4OC(C)(C)C(C)(C)O4)cc3[nH]2)C1. The van der Waals surface area contributed by atoms with Crippen LogP contribution in [-0.4, -0.2) is 34.8 Å². The highest BCUT2D eigenvalue weighted by Gasteiger charge is 2.51. The molecule has 5 nitrogen and oxygen atoms in total. The lowest BCUT2D eigenvalue weighted by molar-refractivity contribution is 0.00578. The van der Waals surface area contributed by atoms with Crippen molar-refractivity contribution in [1.29, 1.82) is 0 Å². The molecule has 2 aliphatic rings. The third-order valence-electron chi connectivity index (χ3n) is 5.96. The molecule has 1 atom stereocenters. The summed E-state index contributed by atoms with van der Waals surface area (Å²) in [5, 5.41) is 3.57. The monoisotopic (exact) mass is 341 g/mol. The van der Waals surface area contributed by atoms with Crippen molar-refractivity contribution in [3.63, 3.8) is 0 Å². The Kier molecular flexibility index (Phi) is 3.63. The van der Waals surface area contributed by atoms with Crippen LogP contribution in [0.1, 0.15) is 59.8 Å². The first-order valence-corrected chi connectivity index (χ1v) is 9.15. The van der Waals surface area contributed by atoms with Crippen LogP contribution in [0.3, 0.4) is 0 Å². The van der Waals surface area contributed by atoms with Gasteiger partial charge in [0.2, 0.25) is 0 Å². The maximum Gasteiger partial charge on any atom is 0.494 e. The Morgan fingerprint density at radius 2 is 1.76 bits per heavy atom. The second-order valence-electron chi connectivity index (χ2n) is 9.29. The number of nitrogens with one attached hydrogen (secondary N) is 2. The maximum absolute atomic E-state index is 6.16. The number of hydrogen-bond donors (Lipinski definition) is 2. The minimum Gasteiger partial charge on any atom is -0.399 e. The van der Waals surface area contributed by atoms with Gasteiger partial charge >= 0.3 is 7.12 Å². The summed E-state index contributed by atoms with van der Waals surface area (Å²) in [7, 11) is -0.343. The van der Waals surface area contributed by atoms with Crippen LogP contribution in [0.2, 0.25) is 0 Å². The molecule has 4 rings (SSSR count). The first-order chi connectivity index (χ1) is 11.6. The summed E-state index contributed by atoms with van der Waals surface area (Å²) in [6.07, 6.45) is 1.09. The zero-order chi connectivity index (χ0) is 18.0. The second-order valence-corrected chi connectivity index (χ2v) is 9.29. The van der Waals surface area contributed by atoms with Crippen molar-refractivity contribution >= 4 is 23.6 Å². The van der Waals surface area contributed by atoms with Gasteiger partial charge in [-0.1, -0.05) is 19.9 Å². The smallest absolute Gasteiger partial charge is 0.399 e. The van der Waals surface area contributed by atoms with E-state index >= 15 is 0 Å². The number of fused-ring (bicyclic) bond motifs is 1. The summed E-state index contributed by atoms with van der Waals surface area (Å²) in [4.78, 5) is 8.28. The summed E-state index contributed by atoms with van der Waals surface area (Å²) in [5.41, 5.74) is 2.71. The lowest BCUT2D eigenvalue weighted by atomic mass is 9.79. The van der Waals surface area contributed by atoms with Gasteiger partial charge in [-0.05, 0) is 57.1 Å². The molecule has 2 N–H and O–H groups in total. The van der Waals surface area contributed by atoms with Gasteiger partial charge in [0.05, 0.1) is 28.3 Å². The summed E-state index contributed by atoms with van der Waals surface area (Å²) < 4.78 is 12.3. The Balaban J connectivity index is 1.61. The van der Waals surface area contributed by atoms with Crippen molar-refractivity contribution in [2.75, 3.05) is 6.54 Å². The Bertz CT molecular complexity index is 796. The van der Waals surface area contributed by atoms with E-state index in [0.29, 0.717) is 11.5 Å². The van der Waals surface area contributed by atoms with Crippen molar-refractivity contribution in [3.8, 4) is 0 Å². The number of H-pyrrole nitrogens is 1. The molecule has 2 fully saturated rings. The first kappa shape index (κ1) is 17.1. The predicted molar refractivity (Wildman–Crippen MR) is 101 cm³/mol. The van der Waals surface area contributed by atoms with Crippen LogP contribution in [0.4, 0.5) is 0 Å². The quantitative estimate of drug-likeness (QED) is 0.825. The number of aromatic nitrogens is 2. The van der Waals surface area contributed by atoms with Crippen LogP contribution in [0.25, 0.3) is 11.0 Å². The van der Waals surface area contributed by atoms with E-state index in [1.807, 2.05) is 0 Å². The van der Waals surface area contributed by atoms with Crippen molar-refractivity contribution in [2.24, 2.45) is 5.41 Å². The highest BCUT2D eigenvalue weighted by molar-refractivity contribution is 6.62. The third kappa shape index (κ3) is 2.90. The Morgan fingerprint density at radius 3 is 2.36 bits per heavy atom. The minimum atomic E-state index is -0.343. The molecule has 134 valence electrons. The molecule has 0 bridgehead atoms. The van der Waals surface area contributed by atoms with E-state index in [9.17, 15) is 0 Å². The number of aromatic amines is 1. The molecule has 0 unspecified atom stereocenters. The lowest BCUT2D eigenvalue weighted by Gasteiger charge is -2.32. The van der Waals surface area contributed by atoms with Gasteiger partial charge in [-0.3, -0.25) is 0 Å². The lowest BCUT2D eigenvalue weighted by Crippen LogP contribution is -2.41. The van der Waals surface area contributed by atoms with E-state index in [1.54, 1.807) is 0 Å². The molecule has 2 saturated heterocycles. The highest BCUT2D eigenvalue weighted by atomic mass is 16.7. The summed E-state index contributed by atoms with van der Waals surface area (Å²) in [5.74, 6) is 1.02. The molecule has 3 heterocycles. The van der Waals surface area contributed by atoms with Gasteiger partial charge < -0.3 is 19.6 Å². The van der Waals surface area contributed by atoms with E-state index in [1.165, 1.54) is 0 Å². The van der Waals surface area contributed by atoms with Gasteiger partial charge in [-0.25, -0.2) is 4.98 Å². The maximum atomic E-state index is 6.16. The van der Waals surface area contributed by atoms with Crippen LogP contribution in [0.15, 0.2) is 18.2 Å². The molecule has 6 heteroatoms. The van der Waals surface area contributed by atoms with E-state index in [-0.39, 0.29) is 18.3 Å². The van der Waals surface area contributed by atoms with Crippen LogP contribution >= 0.6 is 0 Å². The van der Waals surface area contributed by atoms with E-state index in [0.717, 1.165) is 35.3 Å². The number of rotatable bonds is 2. The van der Waals surface area contributed by atoms with Gasteiger partial charge in [0, 0.05) is 6.54 Å². The van der Waals surface area contributed by atoms with Crippen molar-refractivity contribution in [3.05, 3.63) is 24.0 Å². The topological polar surface area (TPSA) is 59.2 Å². The van der Waals surface area contributed by atoms with Gasteiger partial charge in [0.25, 0.3) is 0 Å². The molecule has 0 spiro atoms. The summed E-state index contributed by atoms with van der Waals surface area (Å²) >= 11 is 0. The fraction of sp³-hybridized carbons (Fsp3) is 0.632. The average molecular weight is 341 g/mol. The fourth-order valence-corrected chi connectivity index (χ4v) is 3.63. The highest BCUT2D eigenvalue weighted by Crippen LogP contribution is 2.37. The summed E-state index contributed by atoms with van der Waals surface area (Å²) in [6.45, 7) is 13.9. The van der Waals surface area contributed by atoms with Crippen molar-refractivity contribution in [1.82, 2.24) is 15.3 Å². The Hall–Kier alpha value is -1.37. The zero-order valence-electron chi connectivity index (χ0n) is 16.1. The average Bonchev–Trinajstić information content (AvgIpc) is 3.12. The zero-order valence-corrected chi connectivity index (χ0v) is 16.1. The second kappa shape index (κ2) is 5.32. The van der Waals surface area contributed by atoms with E-state index < -0.39 is 0 Å². The molecule has 25 heavy (non-hydrogen) atoms. The molecule has 1 aromatic heterocycles. The third-order valence-corrected chi connectivity index (χ3v) is 5.96. The van der Waals surface area contributed by atoms with Crippen LogP contribution < -0.4 is 10.8 Å². The Morgan fingerprint density at radius 1 is 1.08 bits per heavy atom. The van der Waals surface area contributed by atoms with E-state index in [4.69, 9.17) is 14.3 Å². The van der Waals surface area contributed by atoms with Crippen molar-refractivity contribution in [2.45, 2.75) is 65.2 Å². The molecule has 0 amide bonds. The predicted octanol–water partition coefficient (Wildman–Crippen LogP) is 2.92. The number of imidazole rings is 1. The molecular formula is C19H28BN3O2. The van der Waals surface area contributed by atoms with Crippen LogP contribution in [0.5, 0.6) is 0 Å². The standard InChI is InChI=1S/C19H28BN3O2/c1-17(2)10-15(21-11-17)16-22-13-8-7-12(9-14(13)23-16)20-24-18(3,4)19(5,6)25-20/h7-9,15,21H,10-11H2,1-6H3,(H,22,23)/t15-/m0/s1. The Labute approximate surface area is 150 Å². The molecule has 2 aliphatic heterocycles. The molecule has 2 aromatic rings. The molecule has 0 saturated carbocycles. The van der Waals surface area contributed by atoms with Gasteiger partial charge in [-0.15, -0.1) is 0 Å². The fourth-order valence-electron chi connectivity index (χ4n) is 3.63. The largest absolute Gasteiger partial charge is 0.494 e. The number of nitrogens with zero attached hydrogens (tertiary/aromatic N) is 1. The first-order valence-electron chi connectivity index (χ1n) is 9.15. The van der Waals surface area contributed by atoms with E-state index in [2.05, 4.69) is 70.0 Å². The number of benzene rings is 1. The number of hydrogen-bond acceptors (Lipinski definition) is 4. The van der Waals surface area contributed by atoms with Crippen LogP contribution in [-0.2, 0) is 9.31 Å². The minimum absolute atomic E-state index is 0.294. The molecular weight excluding hydrogens is 313 g/mol. The molecule has 1 aromatic carbocycles. The molecule has 0 aliphatic carbocycles.